The molecule has 1 heterocycles. The van der Waals surface area contributed by atoms with E-state index in [1.165, 1.54) is 6.08 Å². The maximum Gasteiger partial charge on any atom is 0.338 e. The third-order valence-corrected chi connectivity index (χ3v) is 4.68. The topological polar surface area (TPSA) is 112 Å². The van der Waals surface area contributed by atoms with Crippen molar-refractivity contribution in [1.82, 2.24) is 0 Å². The summed E-state index contributed by atoms with van der Waals surface area (Å²) in [7, 11) is 0. The Kier molecular flexibility index (Phi) is 7.91. The second-order valence-corrected chi connectivity index (χ2v) is 6.81. The molecule has 0 spiro atoms. The first-order valence-electron chi connectivity index (χ1n) is 9.74. The average molecular weight is 428 g/mol. The van der Waals surface area contributed by atoms with Crippen molar-refractivity contribution >= 4 is 11.9 Å². The fraction of sp³-hybridized carbons (Fsp3) is 0.304. The van der Waals surface area contributed by atoms with Gasteiger partial charge in [-0.2, -0.15) is 0 Å². The summed E-state index contributed by atoms with van der Waals surface area (Å²) < 4.78 is 22.2. The Balaban J connectivity index is 1.88. The summed E-state index contributed by atoms with van der Waals surface area (Å²) in [5.74, 6) is -1.44. The Hall–Kier alpha value is -3.04. The molecule has 0 bridgehead atoms. The van der Waals surface area contributed by atoms with Gasteiger partial charge < -0.3 is 29.2 Å². The molecule has 1 fully saturated rings. The van der Waals surface area contributed by atoms with Gasteiger partial charge in [0.15, 0.2) is 18.5 Å². The van der Waals surface area contributed by atoms with Gasteiger partial charge >= 0.3 is 11.9 Å². The van der Waals surface area contributed by atoms with Gasteiger partial charge in [-0.3, -0.25) is 0 Å². The molecule has 0 amide bonds. The smallest absolute Gasteiger partial charge is 0.338 e. The van der Waals surface area contributed by atoms with Crippen LogP contribution in [0.3, 0.4) is 0 Å². The van der Waals surface area contributed by atoms with Crippen molar-refractivity contribution < 1.29 is 38.7 Å². The molecule has 0 aromatic heterocycles. The molecule has 2 N–H and O–H groups in total. The molecule has 2 aromatic rings. The first kappa shape index (κ1) is 22.6. The van der Waals surface area contributed by atoms with Gasteiger partial charge in [0.25, 0.3) is 0 Å². The fourth-order valence-corrected chi connectivity index (χ4v) is 3.13. The number of benzene rings is 2. The van der Waals surface area contributed by atoms with Gasteiger partial charge in [-0.05, 0) is 24.3 Å². The van der Waals surface area contributed by atoms with E-state index in [1.807, 2.05) is 0 Å². The van der Waals surface area contributed by atoms with E-state index in [0.717, 1.165) is 0 Å². The highest BCUT2D eigenvalue weighted by Crippen LogP contribution is 2.28. The van der Waals surface area contributed by atoms with Crippen molar-refractivity contribution in [2.24, 2.45) is 0 Å². The van der Waals surface area contributed by atoms with Gasteiger partial charge in [-0.15, -0.1) is 6.58 Å². The van der Waals surface area contributed by atoms with Gasteiger partial charge in [0.2, 0.25) is 0 Å². The highest BCUT2D eigenvalue weighted by Gasteiger charge is 2.50. The predicted molar refractivity (Wildman–Crippen MR) is 109 cm³/mol. The lowest BCUT2D eigenvalue weighted by Gasteiger charge is -2.42. The number of ether oxygens (including phenoxy) is 4. The van der Waals surface area contributed by atoms with Crippen LogP contribution in [0.5, 0.6) is 0 Å². The van der Waals surface area contributed by atoms with Gasteiger partial charge in [0.05, 0.1) is 24.3 Å². The highest BCUT2D eigenvalue weighted by atomic mass is 16.7. The molecular weight excluding hydrogens is 404 g/mol. The molecule has 2 aromatic carbocycles. The van der Waals surface area contributed by atoms with Crippen molar-refractivity contribution in [1.29, 1.82) is 0 Å². The standard InChI is InChI=1S/C23H24O8/c1-2-13-28-23-20(31-22(27)16-11-7-4-8-12-16)19(18(25)17(14-24)29-23)30-21(26)15-9-5-3-6-10-15/h2-12,17-20,23-25H,1,13-14H2/t17-,18-,19+,20-,23-/m1/s1. The maximum atomic E-state index is 12.7. The van der Waals surface area contributed by atoms with Crippen LogP contribution in [0.1, 0.15) is 20.7 Å². The molecule has 1 aliphatic heterocycles. The van der Waals surface area contributed by atoms with Crippen LogP contribution in [0.15, 0.2) is 73.3 Å². The lowest BCUT2D eigenvalue weighted by Crippen LogP contribution is -2.61. The van der Waals surface area contributed by atoms with Crippen LogP contribution in [-0.2, 0) is 18.9 Å². The van der Waals surface area contributed by atoms with Crippen molar-refractivity contribution in [3.8, 4) is 0 Å². The van der Waals surface area contributed by atoms with Crippen molar-refractivity contribution in [2.75, 3.05) is 13.2 Å². The Morgan fingerprint density at radius 3 is 1.94 bits per heavy atom. The maximum absolute atomic E-state index is 12.7. The van der Waals surface area contributed by atoms with Gasteiger partial charge in [0, 0.05) is 0 Å². The number of aliphatic hydroxyl groups is 2. The van der Waals surface area contributed by atoms with Crippen molar-refractivity contribution in [3.05, 3.63) is 84.4 Å². The minimum Gasteiger partial charge on any atom is -0.452 e. The summed E-state index contributed by atoms with van der Waals surface area (Å²) in [6.07, 6.45) is -4.97. The van der Waals surface area contributed by atoms with Crippen LogP contribution in [0.2, 0.25) is 0 Å². The second-order valence-electron chi connectivity index (χ2n) is 6.81. The van der Waals surface area contributed by atoms with Crippen LogP contribution in [0.4, 0.5) is 0 Å². The highest BCUT2D eigenvalue weighted by molar-refractivity contribution is 5.90. The van der Waals surface area contributed by atoms with E-state index in [2.05, 4.69) is 6.58 Å². The Labute approximate surface area is 179 Å². The Morgan fingerprint density at radius 1 is 0.935 bits per heavy atom. The lowest BCUT2D eigenvalue weighted by molar-refractivity contribution is -0.296. The van der Waals surface area contributed by atoms with Crippen LogP contribution in [0, 0.1) is 0 Å². The van der Waals surface area contributed by atoms with Gasteiger partial charge in [-0.1, -0.05) is 42.5 Å². The zero-order valence-electron chi connectivity index (χ0n) is 16.7. The van der Waals surface area contributed by atoms with E-state index in [0.29, 0.717) is 0 Å². The number of carbonyl (C=O) groups is 2. The van der Waals surface area contributed by atoms with E-state index >= 15 is 0 Å². The quantitative estimate of drug-likeness (QED) is 0.483. The molecule has 8 nitrogen and oxygen atoms in total. The lowest BCUT2D eigenvalue weighted by atomic mass is 9.98. The van der Waals surface area contributed by atoms with E-state index < -0.39 is 49.3 Å². The zero-order valence-corrected chi connectivity index (χ0v) is 16.7. The number of hydrogen-bond acceptors (Lipinski definition) is 8. The molecule has 0 aliphatic carbocycles. The molecule has 1 saturated heterocycles. The zero-order chi connectivity index (χ0) is 22.2. The third kappa shape index (κ3) is 5.56. The van der Waals surface area contributed by atoms with E-state index in [9.17, 15) is 19.8 Å². The summed E-state index contributed by atoms with van der Waals surface area (Å²) in [6.45, 7) is 3.05. The number of hydrogen-bond donors (Lipinski definition) is 2. The number of carbonyl (C=O) groups excluding carboxylic acids is 2. The third-order valence-electron chi connectivity index (χ3n) is 4.68. The molecule has 0 saturated carbocycles. The predicted octanol–water partition coefficient (Wildman–Crippen LogP) is 1.72. The number of aliphatic hydroxyl groups excluding tert-OH is 2. The normalized spacial score (nSPS) is 25.4. The number of esters is 2. The summed E-state index contributed by atoms with van der Waals surface area (Å²) in [5.41, 5.74) is 0.510. The molecule has 3 rings (SSSR count). The summed E-state index contributed by atoms with van der Waals surface area (Å²) in [6, 6.07) is 16.4. The molecule has 1 aliphatic rings. The summed E-state index contributed by atoms with van der Waals surface area (Å²) in [5, 5.41) is 20.3. The largest absolute Gasteiger partial charge is 0.452 e. The molecule has 164 valence electrons. The Morgan fingerprint density at radius 2 is 1.45 bits per heavy atom. The SMILES string of the molecule is C=CCO[C@@H]1O[C@H](CO)[C@@H](O)[C@H](OC(=O)c2ccccc2)[C@H]1OC(=O)c1ccccc1. The van der Waals surface area contributed by atoms with Gasteiger partial charge in [-0.25, -0.2) is 9.59 Å². The second kappa shape index (κ2) is 10.8. The van der Waals surface area contributed by atoms with Crippen LogP contribution in [-0.4, -0.2) is 66.1 Å². The van der Waals surface area contributed by atoms with E-state index in [1.54, 1.807) is 60.7 Å². The first-order chi connectivity index (χ1) is 15.0. The van der Waals surface area contributed by atoms with E-state index in [-0.39, 0.29) is 17.7 Å². The molecule has 8 heteroatoms. The van der Waals surface area contributed by atoms with Crippen LogP contribution in [0.25, 0.3) is 0 Å². The number of rotatable bonds is 8. The molecule has 0 radical (unpaired) electrons. The van der Waals surface area contributed by atoms with Crippen molar-refractivity contribution in [2.45, 2.75) is 30.7 Å². The van der Waals surface area contributed by atoms with Gasteiger partial charge in [0.1, 0.15) is 12.2 Å². The fourth-order valence-electron chi connectivity index (χ4n) is 3.13. The molecule has 31 heavy (non-hydrogen) atoms. The minimum atomic E-state index is -1.46. The molecule has 5 atom stereocenters. The monoisotopic (exact) mass is 428 g/mol. The minimum absolute atomic E-state index is 0.0393. The van der Waals surface area contributed by atoms with Crippen LogP contribution < -0.4 is 0 Å². The Bertz CT molecular complexity index is 870. The summed E-state index contributed by atoms with van der Waals surface area (Å²) in [4.78, 5) is 25.3. The van der Waals surface area contributed by atoms with Crippen molar-refractivity contribution in [3.63, 3.8) is 0 Å². The van der Waals surface area contributed by atoms with E-state index in [4.69, 9.17) is 18.9 Å². The first-order valence-corrected chi connectivity index (χ1v) is 9.74. The van der Waals surface area contributed by atoms with Crippen LogP contribution >= 0.6 is 0 Å². The molecular formula is C23H24O8. The molecule has 0 unspecified atom stereocenters. The summed E-state index contributed by atoms with van der Waals surface area (Å²) >= 11 is 0. The average Bonchev–Trinajstić information content (AvgIpc) is 2.81.